The third-order valence-electron chi connectivity index (χ3n) is 5.96. The predicted octanol–water partition coefficient (Wildman–Crippen LogP) is 6.62. The van der Waals surface area contributed by atoms with Crippen molar-refractivity contribution < 1.29 is 9.18 Å². The number of amides is 1. The first-order chi connectivity index (χ1) is 16.1. The first-order valence-corrected chi connectivity index (χ1v) is 12.8. The minimum Gasteiger partial charge on any atom is -0.334 e. The SMILES string of the molecule is Cc1nc(C(=O)N2CCCCC2Cc2nc(-c3ccccc3)cs2)c(-c2ccc(F)cc2)s1. The highest BCUT2D eigenvalue weighted by atomic mass is 32.1. The molecular formula is C26H24FN3OS2. The quantitative estimate of drug-likeness (QED) is 0.325. The van der Waals surface area contributed by atoms with E-state index in [-0.39, 0.29) is 17.8 Å². The van der Waals surface area contributed by atoms with Crippen LogP contribution in [0.15, 0.2) is 60.0 Å². The molecule has 7 heteroatoms. The summed E-state index contributed by atoms with van der Waals surface area (Å²) in [5.41, 5.74) is 3.39. The molecule has 4 nitrogen and oxygen atoms in total. The number of carbonyl (C=O) groups is 1. The van der Waals surface area contributed by atoms with Crippen LogP contribution >= 0.6 is 22.7 Å². The number of halogens is 1. The van der Waals surface area contributed by atoms with Crippen molar-refractivity contribution in [3.63, 3.8) is 0 Å². The van der Waals surface area contributed by atoms with E-state index in [1.54, 1.807) is 23.5 Å². The summed E-state index contributed by atoms with van der Waals surface area (Å²) in [7, 11) is 0. The Morgan fingerprint density at radius 1 is 1.06 bits per heavy atom. The zero-order chi connectivity index (χ0) is 22.8. The molecule has 2 aromatic carbocycles. The molecule has 0 bridgehead atoms. The Labute approximate surface area is 200 Å². The molecule has 1 atom stereocenters. The third-order valence-corrected chi connectivity index (χ3v) is 7.85. The van der Waals surface area contributed by atoms with Crippen molar-refractivity contribution in [2.24, 2.45) is 0 Å². The Hall–Kier alpha value is -2.90. The van der Waals surface area contributed by atoms with Crippen molar-refractivity contribution in [3.8, 4) is 21.7 Å². The largest absolute Gasteiger partial charge is 0.334 e. The monoisotopic (exact) mass is 477 g/mol. The number of aromatic nitrogens is 2. The molecule has 33 heavy (non-hydrogen) atoms. The van der Waals surface area contributed by atoms with Crippen LogP contribution in [0.3, 0.4) is 0 Å². The van der Waals surface area contributed by atoms with Crippen molar-refractivity contribution in [1.82, 2.24) is 14.9 Å². The lowest BCUT2D eigenvalue weighted by Crippen LogP contribution is -2.45. The average Bonchev–Trinajstić information content (AvgIpc) is 3.47. The minimum absolute atomic E-state index is 0.0387. The van der Waals surface area contributed by atoms with Crippen molar-refractivity contribution in [3.05, 3.63) is 81.5 Å². The molecule has 1 aliphatic rings. The van der Waals surface area contributed by atoms with Crippen LogP contribution in [0.1, 0.15) is 39.8 Å². The summed E-state index contributed by atoms with van der Waals surface area (Å²) in [5.74, 6) is -0.328. The van der Waals surface area contributed by atoms with Gasteiger partial charge in [0.25, 0.3) is 5.91 Å². The Bertz CT molecular complexity index is 1250. The highest BCUT2D eigenvalue weighted by Crippen LogP contribution is 2.33. The van der Waals surface area contributed by atoms with E-state index in [2.05, 4.69) is 22.5 Å². The van der Waals surface area contributed by atoms with Gasteiger partial charge in [-0.15, -0.1) is 22.7 Å². The summed E-state index contributed by atoms with van der Waals surface area (Å²) in [5, 5.41) is 3.97. The summed E-state index contributed by atoms with van der Waals surface area (Å²) in [4.78, 5) is 25.9. The highest BCUT2D eigenvalue weighted by Gasteiger charge is 2.31. The minimum atomic E-state index is -0.290. The maximum absolute atomic E-state index is 13.7. The van der Waals surface area contributed by atoms with E-state index in [1.165, 1.54) is 23.5 Å². The molecule has 0 spiro atoms. The van der Waals surface area contributed by atoms with E-state index in [0.717, 1.165) is 63.9 Å². The van der Waals surface area contributed by atoms with E-state index in [1.807, 2.05) is 30.0 Å². The van der Waals surface area contributed by atoms with Crippen LogP contribution in [-0.4, -0.2) is 33.4 Å². The van der Waals surface area contributed by atoms with E-state index in [9.17, 15) is 9.18 Å². The fourth-order valence-electron chi connectivity index (χ4n) is 4.33. The maximum atomic E-state index is 13.7. The van der Waals surface area contributed by atoms with Gasteiger partial charge < -0.3 is 4.90 Å². The number of likely N-dealkylation sites (tertiary alicyclic amines) is 1. The summed E-state index contributed by atoms with van der Waals surface area (Å²) >= 11 is 3.14. The van der Waals surface area contributed by atoms with Gasteiger partial charge >= 0.3 is 0 Å². The third kappa shape index (κ3) is 4.75. The van der Waals surface area contributed by atoms with Crippen LogP contribution < -0.4 is 0 Å². The summed E-state index contributed by atoms with van der Waals surface area (Å²) in [6.07, 6.45) is 3.80. The van der Waals surface area contributed by atoms with Crippen LogP contribution in [0.5, 0.6) is 0 Å². The van der Waals surface area contributed by atoms with Gasteiger partial charge in [0.15, 0.2) is 0 Å². The second-order valence-electron chi connectivity index (χ2n) is 8.26. The number of benzene rings is 2. The van der Waals surface area contributed by atoms with E-state index in [4.69, 9.17) is 4.98 Å². The van der Waals surface area contributed by atoms with Gasteiger partial charge in [-0.25, -0.2) is 14.4 Å². The predicted molar refractivity (Wildman–Crippen MR) is 132 cm³/mol. The first kappa shape index (κ1) is 21.9. The van der Waals surface area contributed by atoms with Crippen LogP contribution in [0, 0.1) is 12.7 Å². The Kier molecular flexibility index (Phi) is 6.33. The summed E-state index contributed by atoms with van der Waals surface area (Å²) in [6.45, 7) is 2.63. The first-order valence-electron chi connectivity index (χ1n) is 11.1. The number of piperidine rings is 1. The fourth-order valence-corrected chi connectivity index (χ4v) is 6.12. The standard InChI is InChI=1S/C26H24FN3OS2/c1-17-28-24(25(33-17)19-10-12-20(27)13-11-19)26(31)30-14-6-5-9-21(30)15-23-29-22(16-32-23)18-7-3-2-4-8-18/h2-4,7-8,10-13,16,21H,5-6,9,14-15H2,1H3. The van der Waals surface area contributed by atoms with E-state index >= 15 is 0 Å². The number of rotatable bonds is 5. The molecule has 0 aliphatic carbocycles. The van der Waals surface area contributed by atoms with Crippen molar-refractivity contribution in [2.45, 2.75) is 38.6 Å². The average molecular weight is 478 g/mol. The lowest BCUT2D eigenvalue weighted by Gasteiger charge is -2.35. The van der Waals surface area contributed by atoms with Gasteiger partial charge in [0, 0.05) is 30.0 Å². The zero-order valence-corrected chi connectivity index (χ0v) is 20.0. The summed E-state index contributed by atoms with van der Waals surface area (Å²) < 4.78 is 13.4. The molecule has 1 fully saturated rings. The molecule has 1 amide bonds. The maximum Gasteiger partial charge on any atom is 0.274 e. The van der Waals surface area contributed by atoms with Gasteiger partial charge in [-0.2, -0.15) is 0 Å². The molecule has 0 radical (unpaired) electrons. The number of aryl methyl sites for hydroxylation is 1. The van der Waals surface area contributed by atoms with Crippen LogP contribution in [0.25, 0.3) is 21.7 Å². The molecular weight excluding hydrogens is 453 g/mol. The number of nitrogens with zero attached hydrogens (tertiary/aromatic N) is 3. The lowest BCUT2D eigenvalue weighted by molar-refractivity contribution is 0.0609. The van der Waals surface area contributed by atoms with Gasteiger partial charge in [0.1, 0.15) is 11.5 Å². The Morgan fingerprint density at radius 3 is 2.64 bits per heavy atom. The summed E-state index contributed by atoms with van der Waals surface area (Å²) in [6, 6.07) is 16.6. The molecule has 1 unspecified atom stereocenters. The molecule has 5 rings (SSSR count). The molecule has 0 N–H and O–H groups in total. The van der Waals surface area contributed by atoms with Crippen LogP contribution in [0.2, 0.25) is 0 Å². The molecule has 2 aromatic heterocycles. The fraction of sp³-hybridized carbons (Fsp3) is 0.269. The number of carbonyl (C=O) groups excluding carboxylic acids is 1. The number of hydrogen-bond donors (Lipinski definition) is 0. The molecule has 4 aromatic rings. The van der Waals surface area contributed by atoms with Gasteiger partial charge in [-0.1, -0.05) is 42.5 Å². The van der Waals surface area contributed by atoms with Crippen molar-refractivity contribution >= 4 is 28.6 Å². The van der Waals surface area contributed by atoms with Gasteiger partial charge in [0.05, 0.1) is 20.6 Å². The zero-order valence-electron chi connectivity index (χ0n) is 18.3. The molecule has 1 aliphatic heterocycles. The smallest absolute Gasteiger partial charge is 0.274 e. The lowest BCUT2D eigenvalue weighted by atomic mass is 9.98. The number of thiazole rings is 2. The Balaban J connectivity index is 1.39. The topological polar surface area (TPSA) is 46.1 Å². The van der Waals surface area contributed by atoms with E-state index in [0.29, 0.717) is 5.69 Å². The van der Waals surface area contributed by atoms with Crippen LogP contribution in [-0.2, 0) is 6.42 Å². The van der Waals surface area contributed by atoms with Gasteiger partial charge in [-0.3, -0.25) is 4.79 Å². The van der Waals surface area contributed by atoms with Gasteiger partial charge in [0.2, 0.25) is 0 Å². The van der Waals surface area contributed by atoms with Crippen molar-refractivity contribution in [1.29, 1.82) is 0 Å². The second-order valence-corrected chi connectivity index (χ2v) is 10.4. The van der Waals surface area contributed by atoms with Gasteiger partial charge in [-0.05, 0) is 43.9 Å². The second kappa shape index (κ2) is 9.53. The normalized spacial score (nSPS) is 16.2. The number of hydrogen-bond acceptors (Lipinski definition) is 5. The molecule has 1 saturated heterocycles. The van der Waals surface area contributed by atoms with Crippen LogP contribution in [0.4, 0.5) is 4.39 Å². The highest BCUT2D eigenvalue weighted by molar-refractivity contribution is 7.15. The van der Waals surface area contributed by atoms with Crippen molar-refractivity contribution in [2.75, 3.05) is 6.54 Å². The van der Waals surface area contributed by atoms with E-state index < -0.39 is 0 Å². The molecule has 3 heterocycles. The molecule has 168 valence electrons. The Morgan fingerprint density at radius 2 is 1.85 bits per heavy atom. The molecule has 0 saturated carbocycles.